The maximum atomic E-state index is 4.28. The van der Waals surface area contributed by atoms with Gasteiger partial charge in [-0.15, -0.1) is 0 Å². The smallest absolute Gasteiger partial charge is 0.158 e. The number of nitrogens with zero attached hydrogens (tertiary/aromatic N) is 3. The molecule has 0 spiro atoms. The third-order valence-electron chi connectivity index (χ3n) is 2.54. The van der Waals surface area contributed by atoms with E-state index in [4.69, 9.17) is 0 Å². The van der Waals surface area contributed by atoms with Crippen LogP contribution in [0.1, 0.15) is 25.3 Å². The highest BCUT2D eigenvalue weighted by atomic mass is 15.3. The van der Waals surface area contributed by atoms with Crippen LogP contribution in [0.15, 0.2) is 30.6 Å². The van der Waals surface area contributed by atoms with Crippen molar-refractivity contribution in [2.45, 2.75) is 19.8 Å². The predicted molar refractivity (Wildman–Crippen MR) is 60.5 cm³/mol. The van der Waals surface area contributed by atoms with Gasteiger partial charge in [0.2, 0.25) is 0 Å². The lowest BCUT2D eigenvalue weighted by molar-refractivity contribution is 0.770. The normalized spacial score (nSPS) is 10.9. The molecule has 0 bridgehead atoms. The van der Waals surface area contributed by atoms with Crippen molar-refractivity contribution in [2.75, 3.05) is 0 Å². The van der Waals surface area contributed by atoms with Gasteiger partial charge in [0.1, 0.15) is 6.33 Å². The van der Waals surface area contributed by atoms with Crippen LogP contribution in [-0.2, 0) is 7.05 Å². The molecule has 0 amide bonds. The highest BCUT2D eigenvalue weighted by molar-refractivity contribution is 5.60. The molecule has 1 aromatic heterocycles. The number of hydrogen-bond donors (Lipinski definition) is 0. The van der Waals surface area contributed by atoms with Gasteiger partial charge in [-0.05, 0) is 11.5 Å². The van der Waals surface area contributed by atoms with E-state index < -0.39 is 0 Å². The molecule has 0 saturated heterocycles. The largest absolute Gasteiger partial charge is 0.249 e. The Labute approximate surface area is 89.8 Å². The Bertz CT molecular complexity index is 457. The number of aromatic nitrogens is 3. The van der Waals surface area contributed by atoms with Gasteiger partial charge in [-0.2, -0.15) is 5.10 Å². The molecule has 0 N–H and O–H groups in total. The summed E-state index contributed by atoms with van der Waals surface area (Å²) in [5.41, 5.74) is 2.49. The average molecular weight is 201 g/mol. The van der Waals surface area contributed by atoms with Gasteiger partial charge < -0.3 is 0 Å². The molecule has 0 aliphatic rings. The SMILES string of the molecule is CC(C)c1ccccc1-c1ncnn1C. The Hall–Kier alpha value is -1.64. The third kappa shape index (κ3) is 1.77. The average Bonchev–Trinajstić information content (AvgIpc) is 2.64. The Morgan fingerprint density at radius 2 is 1.93 bits per heavy atom. The molecule has 0 fully saturated rings. The van der Waals surface area contributed by atoms with Crippen molar-refractivity contribution < 1.29 is 0 Å². The molecule has 0 aliphatic carbocycles. The quantitative estimate of drug-likeness (QED) is 0.747. The van der Waals surface area contributed by atoms with Crippen molar-refractivity contribution in [3.63, 3.8) is 0 Å². The van der Waals surface area contributed by atoms with Crippen LogP contribution < -0.4 is 0 Å². The second-order valence-electron chi connectivity index (χ2n) is 3.95. The summed E-state index contributed by atoms with van der Waals surface area (Å²) in [6, 6.07) is 8.35. The summed E-state index contributed by atoms with van der Waals surface area (Å²) in [6.45, 7) is 4.38. The molecule has 1 heterocycles. The molecule has 0 unspecified atom stereocenters. The van der Waals surface area contributed by atoms with E-state index in [0.717, 1.165) is 5.82 Å². The summed E-state index contributed by atoms with van der Waals surface area (Å²) in [5.74, 6) is 1.43. The standard InChI is InChI=1S/C12H15N3/c1-9(2)10-6-4-5-7-11(10)12-13-8-14-15(12)3/h4-9H,1-3H3. The fraction of sp³-hybridized carbons (Fsp3) is 0.333. The molecule has 0 radical (unpaired) electrons. The first-order valence-corrected chi connectivity index (χ1v) is 5.13. The Balaban J connectivity index is 2.58. The summed E-state index contributed by atoms with van der Waals surface area (Å²) in [5, 5.41) is 4.10. The van der Waals surface area contributed by atoms with E-state index in [2.05, 4.69) is 42.1 Å². The molecule has 2 aromatic rings. The molecular weight excluding hydrogens is 186 g/mol. The highest BCUT2D eigenvalue weighted by Gasteiger charge is 2.11. The van der Waals surface area contributed by atoms with Crippen LogP contribution in [0.2, 0.25) is 0 Å². The molecule has 2 rings (SSSR count). The van der Waals surface area contributed by atoms with E-state index in [1.165, 1.54) is 11.1 Å². The fourth-order valence-electron chi connectivity index (χ4n) is 1.74. The predicted octanol–water partition coefficient (Wildman–Crippen LogP) is 2.61. The number of rotatable bonds is 2. The van der Waals surface area contributed by atoms with E-state index in [0.29, 0.717) is 5.92 Å². The summed E-state index contributed by atoms with van der Waals surface area (Å²) < 4.78 is 1.81. The van der Waals surface area contributed by atoms with E-state index in [1.807, 2.05) is 13.1 Å². The van der Waals surface area contributed by atoms with Crippen molar-refractivity contribution in [2.24, 2.45) is 7.05 Å². The van der Waals surface area contributed by atoms with Gasteiger partial charge in [-0.1, -0.05) is 38.1 Å². The van der Waals surface area contributed by atoms with Crippen LogP contribution >= 0.6 is 0 Å². The number of aryl methyl sites for hydroxylation is 1. The van der Waals surface area contributed by atoms with Crippen molar-refractivity contribution >= 4 is 0 Å². The van der Waals surface area contributed by atoms with E-state index in [1.54, 1.807) is 11.0 Å². The first kappa shape index (κ1) is 9.90. The molecular formula is C12H15N3. The third-order valence-corrected chi connectivity index (χ3v) is 2.54. The highest BCUT2D eigenvalue weighted by Crippen LogP contribution is 2.26. The van der Waals surface area contributed by atoms with Crippen LogP contribution in [0.3, 0.4) is 0 Å². The van der Waals surface area contributed by atoms with Gasteiger partial charge >= 0.3 is 0 Å². The second-order valence-corrected chi connectivity index (χ2v) is 3.95. The molecule has 15 heavy (non-hydrogen) atoms. The van der Waals surface area contributed by atoms with Gasteiger partial charge in [-0.3, -0.25) is 0 Å². The molecule has 3 nitrogen and oxygen atoms in total. The lowest BCUT2D eigenvalue weighted by Gasteiger charge is -2.11. The van der Waals surface area contributed by atoms with Gasteiger partial charge in [0.15, 0.2) is 5.82 Å². The van der Waals surface area contributed by atoms with Gasteiger partial charge in [0.25, 0.3) is 0 Å². The fourth-order valence-corrected chi connectivity index (χ4v) is 1.74. The van der Waals surface area contributed by atoms with Crippen molar-refractivity contribution in [1.29, 1.82) is 0 Å². The van der Waals surface area contributed by atoms with Crippen molar-refractivity contribution in [3.8, 4) is 11.4 Å². The minimum absolute atomic E-state index is 0.498. The topological polar surface area (TPSA) is 30.7 Å². The van der Waals surface area contributed by atoms with Gasteiger partial charge in [-0.25, -0.2) is 9.67 Å². The second kappa shape index (κ2) is 3.85. The zero-order valence-electron chi connectivity index (χ0n) is 9.31. The van der Waals surface area contributed by atoms with E-state index in [9.17, 15) is 0 Å². The van der Waals surface area contributed by atoms with Crippen LogP contribution in [0.4, 0.5) is 0 Å². The first-order valence-electron chi connectivity index (χ1n) is 5.13. The summed E-state index contributed by atoms with van der Waals surface area (Å²) in [6.07, 6.45) is 1.59. The van der Waals surface area contributed by atoms with E-state index in [-0.39, 0.29) is 0 Å². The zero-order chi connectivity index (χ0) is 10.8. The van der Waals surface area contributed by atoms with Crippen LogP contribution in [0, 0.1) is 0 Å². The van der Waals surface area contributed by atoms with Crippen LogP contribution in [-0.4, -0.2) is 14.8 Å². The minimum atomic E-state index is 0.498. The lowest BCUT2D eigenvalue weighted by atomic mass is 9.97. The summed E-state index contributed by atoms with van der Waals surface area (Å²) in [7, 11) is 1.92. The molecule has 0 aliphatic heterocycles. The maximum Gasteiger partial charge on any atom is 0.158 e. The van der Waals surface area contributed by atoms with Gasteiger partial charge in [0.05, 0.1) is 0 Å². The minimum Gasteiger partial charge on any atom is -0.249 e. The monoisotopic (exact) mass is 201 g/mol. The molecule has 0 atom stereocenters. The molecule has 3 heteroatoms. The summed E-state index contributed by atoms with van der Waals surface area (Å²) in [4.78, 5) is 4.28. The number of benzene rings is 1. The Morgan fingerprint density at radius 1 is 1.20 bits per heavy atom. The first-order chi connectivity index (χ1) is 7.20. The van der Waals surface area contributed by atoms with Gasteiger partial charge in [0, 0.05) is 12.6 Å². The maximum absolute atomic E-state index is 4.28. The van der Waals surface area contributed by atoms with Crippen LogP contribution in [0.5, 0.6) is 0 Å². The molecule has 0 saturated carbocycles. The lowest BCUT2D eigenvalue weighted by Crippen LogP contribution is -1.99. The van der Waals surface area contributed by atoms with E-state index >= 15 is 0 Å². The number of hydrogen-bond acceptors (Lipinski definition) is 2. The Kier molecular flexibility index (Phi) is 2.54. The van der Waals surface area contributed by atoms with Crippen molar-refractivity contribution in [1.82, 2.24) is 14.8 Å². The summed E-state index contributed by atoms with van der Waals surface area (Å²) >= 11 is 0. The zero-order valence-corrected chi connectivity index (χ0v) is 9.31. The van der Waals surface area contributed by atoms with Crippen LogP contribution in [0.25, 0.3) is 11.4 Å². The molecule has 1 aromatic carbocycles. The Morgan fingerprint density at radius 3 is 2.53 bits per heavy atom. The molecule has 78 valence electrons. The van der Waals surface area contributed by atoms with Crippen molar-refractivity contribution in [3.05, 3.63) is 36.2 Å².